The van der Waals surface area contributed by atoms with Gasteiger partial charge in [0.1, 0.15) is 5.75 Å². The number of phenolic OH excluding ortho intramolecular Hbond substituents is 1. The number of benzene rings is 3. The molecule has 1 aromatic heterocycles. The Balaban J connectivity index is 2.00. The normalized spacial score (nSPS) is 11.6. The van der Waals surface area contributed by atoms with Crippen LogP contribution in [0.25, 0.3) is 32.8 Å². The quantitative estimate of drug-likeness (QED) is 0.505. The number of rotatable bonds is 5. The van der Waals surface area contributed by atoms with Crippen molar-refractivity contribution in [3.8, 4) is 16.9 Å². The van der Waals surface area contributed by atoms with E-state index >= 15 is 4.39 Å². The summed E-state index contributed by atoms with van der Waals surface area (Å²) < 4.78 is 17.3. The third-order valence-corrected chi connectivity index (χ3v) is 5.44. The lowest BCUT2D eigenvalue weighted by molar-refractivity contribution is 0.385. The molecule has 154 valence electrons. The number of aryl methyl sites for hydroxylation is 1. The van der Waals surface area contributed by atoms with E-state index in [4.69, 9.17) is 11.6 Å². The van der Waals surface area contributed by atoms with Gasteiger partial charge in [-0.15, -0.1) is 0 Å². The smallest absolute Gasteiger partial charge is 0.348 e. The fourth-order valence-corrected chi connectivity index (χ4v) is 4.09. The molecule has 0 saturated heterocycles. The highest BCUT2D eigenvalue weighted by Gasteiger charge is 2.20. The van der Waals surface area contributed by atoms with E-state index in [0.29, 0.717) is 23.9 Å². The molecule has 0 spiro atoms. The van der Waals surface area contributed by atoms with E-state index in [1.54, 1.807) is 12.1 Å². The second-order valence-corrected chi connectivity index (χ2v) is 7.96. The van der Waals surface area contributed by atoms with Gasteiger partial charge in [0.05, 0.1) is 10.5 Å². The predicted molar refractivity (Wildman–Crippen MR) is 119 cm³/mol. The lowest BCUT2D eigenvalue weighted by Gasteiger charge is -2.16. The Morgan fingerprint density at radius 1 is 1.17 bits per heavy atom. The summed E-state index contributed by atoms with van der Waals surface area (Å²) in [6.45, 7) is 1.09. The van der Waals surface area contributed by atoms with Gasteiger partial charge >= 0.3 is 5.69 Å². The number of aromatic nitrogens is 2. The first-order valence-corrected chi connectivity index (χ1v) is 9.99. The molecule has 0 saturated carbocycles. The molecule has 0 amide bonds. The molecule has 0 atom stereocenters. The number of fused-ring (bicyclic) bond motifs is 2. The molecule has 0 aliphatic rings. The highest BCUT2D eigenvalue weighted by atomic mass is 35.5. The highest BCUT2D eigenvalue weighted by Crippen LogP contribution is 2.40. The molecule has 0 aliphatic heterocycles. The van der Waals surface area contributed by atoms with Gasteiger partial charge < -0.3 is 10.0 Å². The molecule has 30 heavy (non-hydrogen) atoms. The fraction of sp³-hybridized carbons (Fsp3) is 0.217. The lowest BCUT2D eigenvalue weighted by atomic mass is 9.96. The summed E-state index contributed by atoms with van der Waals surface area (Å²) >= 11 is 6.49. The van der Waals surface area contributed by atoms with Gasteiger partial charge in [-0.2, -0.15) is 0 Å². The molecular formula is C23H21ClFN3O2. The first-order valence-electron chi connectivity index (χ1n) is 9.61. The third-order valence-electron chi connectivity index (χ3n) is 5.14. The van der Waals surface area contributed by atoms with Crippen molar-refractivity contribution in [1.29, 1.82) is 0 Å². The van der Waals surface area contributed by atoms with Crippen molar-refractivity contribution < 1.29 is 9.50 Å². The number of halogens is 2. The van der Waals surface area contributed by atoms with Crippen molar-refractivity contribution in [3.63, 3.8) is 0 Å². The minimum absolute atomic E-state index is 0.0114. The number of hydrogen-bond acceptors (Lipinski definition) is 4. The van der Waals surface area contributed by atoms with E-state index in [2.05, 4.69) is 4.98 Å². The van der Waals surface area contributed by atoms with Crippen LogP contribution in [0.15, 0.2) is 53.5 Å². The van der Waals surface area contributed by atoms with Crippen molar-refractivity contribution in [2.75, 3.05) is 20.6 Å². The first kappa shape index (κ1) is 20.3. The van der Waals surface area contributed by atoms with Crippen molar-refractivity contribution in [2.24, 2.45) is 0 Å². The molecule has 7 heteroatoms. The second-order valence-electron chi connectivity index (χ2n) is 7.55. The van der Waals surface area contributed by atoms with Crippen LogP contribution in [0.1, 0.15) is 6.42 Å². The SMILES string of the molecule is CN(C)CCCn1c(=O)ncc2cc(Cl)c(-c3cc(O)cc4ccccc34)c(F)c21. The first-order chi connectivity index (χ1) is 14.4. The number of aromatic hydroxyl groups is 1. The van der Waals surface area contributed by atoms with E-state index < -0.39 is 11.5 Å². The monoisotopic (exact) mass is 425 g/mol. The molecular weight excluding hydrogens is 405 g/mol. The summed E-state index contributed by atoms with van der Waals surface area (Å²) in [6, 6.07) is 12.1. The van der Waals surface area contributed by atoms with E-state index in [0.717, 1.165) is 17.3 Å². The van der Waals surface area contributed by atoms with Crippen LogP contribution in [0.5, 0.6) is 5.75 Å². The van der Waals surface area contributed by atoms with Crippen LogP contribution in [0.3, 0.4) is 0 Å². The standard InChI is InChI=1S/C23H21ClFN3O2/c1-27(2)8-5-9-28-22-15(13-26-23(28)30)11-19(24)20(21(22)25)18-12-16(29)10-14-6-3-4-7-17(14)18/h3-4,6-7,10-13,29H,5,8-9H2,1-2H3. The summed E-state index contributed by atoms with van der Waals surface area (Å²) in [7, 11) is 3.88. The summed E-state index contributed by atoms with van der Waals surface area (Å²) in [4.78, 5) is 18.3. The third kappa shape index (κ3) is 3.64. The lowest BCUT2D eigenvalue weighted by Crippen LogP contribution is -2.25. The van der Waals surface area contributed by atoms with Crippen LogP contribution < -0.4 is 5.69 Å². The molecule has 1 N–H and O–H groups in total. The molecule has 0 unspecified atom stereocenters. The van der Waals surface area contributed by atoms with Crippen LogP contribution in [-0.4, -0.2) is 40.2 Å². The molecule has 0 fully saturated rings. The Hall–Kier alpha value is -2.96. The van der Waals surface area contributed by atoms with Gasteiger partial charge in [-0.05, 0) is 61.6 Å². The van der Waals surface area contributed by atoms with E-state index in [-0.39, 0.29) is 21.9 Å². The van der Waals surface area contributed by atoms with Crippen LogP contribution in [0, 0.1) is 5.82 Å². The van der Waals surface area contributed by atoms with Crippen molar-refractivity contribution in [2.45, 2.75) is 13.0 Å². The zero-order valence-electron chi connectivity index (χ0n) is 16.7. The molecule has 5 nitrogen and oxygen atoms in total. The average Bonchev–Trinajstić information content (AvgIpc) is 2.69. The summed E-state index contributed by atoms with van der Waals surface area (Å²) in [5.74, 6) is -0.588. The maximum Gasteiger partial charge on any atom is 0.348 e. The highest BCUT2D eigenvalue weighted by molar-refractivity contribution is 6.34. The van der Waals surface area contributed by atoms with Gasteiger partial charge in [-0.25, -0.2) is 14.2 Å². The summed E-state index contributed by atoms with van der Waals surface area (Å²) in [5.41, 5.74) is 0.289. The minimum atomic E-state index is -0.599. The van der Waals surface area contributed by atoms with Crippen LogP contribution >= 0.6 is 11.6 Å². The predicted octanol–water partition coefficient (Wildman–Crippen LogP) is 4.67. The molecule has 1 heterocycles. The van der Waals surface area contributed by atoms with Gasteiger partial charge in [0.2, 0.25) is 0 Å². The second kappa shape index (κ2) is 8.05. The number of phenols is 1. The Morgan fingerprint density at radius 3 is 2.70 bits per heavy atom. The van der Waals surface area contributed by atoms with Crippen molar-refractivity contribution in [1.82, 2.24) is 14.5 Å². The summed E-state index contributed by atoms with van der Waals surface area (Å²) in [5, 5.41) is 12.4. The minimum Gasteiger partial charge on any atom is -0.508 e. The zero-order valence-corrected chi connectivity index (χ0v) is 17.4. The number of hydrogen-bond donors (Lipinski definition) is 1. The maximum absolute atomic E-state index is 15.9. The van der Waals surface area contributed by atoms with Crippen LogP contribution in [0.2, 0.25) is 5.02 Å². The van der Waals surface area contributed by atoms with Gasteiger partial charge in [0.15, 0.2) is 5.82 Å². The average molecular weight is 426 g/mol. The van der Waals surface area contributed by atoms with Gasteiger partial charge in [-0.1, -0.05) is 35.9 Å². The van der Waals surface area contributed by atoms with E-state index in [9.17, 15) is 9.90 Å². The van der Waals surface area contributed by atoms with Gasteiger partial charge in [0.25, 0.3) is 0 Å². The Kier molecular flexibility index (Phi) is 5.45. The maximum atomic E-state index is 15.9. The van der Waals surface area contributed by atoms with Crippen LogP contribution in [0.4, 0.5) is 4.39 Å². The largest absolute Gasteiger partial charge is 0.508 e. The molecule has 3 aromatic carbocycles. The Morgan fingerprint density at radius 2 is 1.93 bits per heavy atom. The van der Waals surface area contributed by atoms with E-state index in [1.807, 2.05) is 43.3 Å². The summed E-state index contributed by atoms with van der Waals surface area (Å²) in [6.07, 6.45) is 2.01. The topological polar surface area (TPSA) is 58.4 Å². The van der Waals surface area contributed by atoms with Crippen molar-refractivity contribution >= 4 is 33.3 Å². The molecule has 4 rings (SSSR count). The molecule has 4 aromatic rings. The van der Waals surface area contributed by atoms with Crippen molar-refractivity contribution in [3.05, 3.63) is 70.0 Å². The Bertz CT molecular complexity index is 1320. The number of nitrogens with zero attached hydrogens (tertiary/aromatic N) is 3. The van der Waals surface area contributed by atoms with Gasteiger partial charge in [0, 0.05) is 23.7 Å². The fourth-order valence-electron chi connectivity index (χ4n) is 3.79. The van der Waals surface area contributed by atoms with Crippen LogP contribution in [-0.2, 0) is 6.54 Å². The molecule has 0 radical (unpaired) electrons. The molecule has 0 bridgehead atoms. The molecule has 0 aliphatic carbocycles. The van der Waals surface area contributed by atoms with E-state index in [1.165, 1.54) is 16.8 Å². The van der Waals surface area contributed by atoms with Gasteiger partial charge in [-0.3, -0.25) is 4.57 Å². The zero-order chi connectivity index (χ0) is 21.4. The Labute approximate surface area is 178 Å².